The molecule has 6 rings (SSSR count). The zero-order valence-electron chi connectivity index (χ0n) is 15.5. The van der Waals surface area contributed by atoms with Gasteiger partial charge in [0.05, 0.1) is 0 Å². The summed E-state index contributed by atoms with van der Waals surface area (Å²) in [6.45, 7) is 4.86. The fraction of sp³-hybridized carbons (Fsp3) is 0.524. The molecule has 6 heteroatoms. The molecule has 1 aromatic heterocycles. The van der Waals surface area contributed by atoms with Crippen LogP contribution in [0.5, 0.6) is 0 Å². The molecule has 0 N–H and O–H groups in total. The van der Waals surface area contributed by atoms with Crippen molar-refractivity contribution in [2.24, 2.45) is 5.92 Å². The number of aromatic nitrogens is 2. The number of fused-ring (bicyclic) bond motifs is 2. The number of halogens is 2. The molecule has 3 atom stereocenters. The minimum Gasteiger partial charge on any atom is -0.351 e. The number of aryl methyl sites for hydroxylation is 1. The number of hydrogen-bond acceptors (Lipinski definition) is 4. The Morgan fingerprint density at radius 2 is 1.93 bits per heavy atom. The van der Waals surface area contributed by atoms with Crippen LogP contribution in [0.25, 0.3) is 0 Å². The molecule has 4 saturated heterocycles. The Labute approximate surface area is 158 Å². The van der Waals surface area contributed by atoms with Crippen molar-refractivity contribution in [3.63, 3.8) is 0 Å². The molecule has 1 aromatic carbocycles. The fourth-order valence-electron chi connectivity index (χ4n) is 5.50. The topological polar surface area (TPSA) is 32.3 Å². The Bertz CT molecular complexity index is 850. The van der Waals surface area contributed by atoms with Gasteiger partial charge in [-0.1, -0.05) is 19.1 Å². The average Bonchev–Trinajstić information content (AvgIpc) is 3.14. The number of nitrogens with zero attached hydrogens (tertiary/aromatic N) is 4. The van der Waals surface area contributed by atoms with Crippen LogP contribution in [0.3, 0.4) is 0 Å². The smallest absolute Gasteiger partial charge is 0.162 e. The molecule has 0 aliphatic carbocycles. The second kappa shape index (κ2) is 6.51. The molecule has 4 aliphatic rings. The molecule has 5 heterocycles. The van der Waals surface area contributed by atoms with Gasteiger partial charge in [0.2, 0.25) is 0 Å². The van der Waals surface area contributed by atoms with Gasteiger partial charge in [0, 0.05) is 36.3 Å². The maximum Gasteiger partial charge on any atom is 0.162 e. The first kappa shape index (κ1) is 17.0. The predicted molar refractivity (Wildman–Crippen MR) is 99.7 cm³/mol. The number of piperidine rings is 3. The van der Waals surface area contributed by atoms with Gasteiger partial charge >= 0.3 is 0 Å². The highest BCUT2D eigenvalue weighted by molar-refractivity contribution is 5.47. The molecule has 0 spiro atoms. The van der Waals surface area contributed by atoms with Crippen LogP contribution in [0.15, 0.2) is 30.6 Å². The van der Waals surface area contributed by atoms with Crippen LogP contribution in [0, 0.1) is 17.6 Å². The molecular formula is C21H24F2N4. The van der Waals surface area contributed by atoms with Gasteiger partial charge in [-0.25, -0.2) is 18.7 Å². The normalized spacial score (nSPS) is 32.0. The van der Waals surface area contributed by atoms with Crippen LogP contribution in [0.4, 0.5) is 14.6 Å². The minimum absolute atomic E-state index is 0.0474. The molecule has 2 aromatic rings. The first-order valence-electron chi connectivity index (χ1n) is 9.93. The second-order valence-electron chi connectivity index (χ2n) is 7.98. The highest BCUT2D eigenvalue weighted by Crippen LogP contribution is 2.48. The molecule has 27 heavy (non-hydrogen) atoms. The standard InChI is InChI=1S/C21H24F2N4/c1-2-14-10-18(25-12-24-14)27-11-16(15-4-3-5-17(22)19(15)23)21-20(27)13-6-8-26(21)9-7-13/h3-5,10,12-13,16,20-21H,2,6-9,11H2,1H3/t16-,20+,21+/m0/s1. The molecule has 2 bridgehead atoms. The molecule has 0 amide bonds. The van der Waals surface area contributed by atoms with Gasteiger partial charge < -0.3 is 4.90 Å². The van der Waals surface area contributed by atoms with Crippen LogP contribution < -0.4 is 4.90 Å². The summed E-state index contributed by atoms with van der Waals surface area (Å²) in [7, 11) is 0. The van der Waals surface area contributed by atoms with Gasteiger partial charge in [0.15, 0.2) is 11.6 Å². The van der Waals surface area contributed by atoms with Crippen LogP contribution in [0.2, 0.25) is 0 Å². The first-order chi connectivity index (χ1) is 13.2. The van der Waals surface area contributed by atoms with Crippen molar-refractivity contribution < 1.29 is 8.78 Å². The van der Waals surface area contributed by atoms with E-state index in [1.165, 1.54) is 18.9 Å². The Balaban J connectivity index is 1.58. The number of anilines is 1. The third-order valence-electron chi connectivity index (χ3n) is 6.74. The van der Waals surface area contributed by atoms with E-state index in [1.807, 2.05) is 0 Å². The Morgan fingerprint density at radius 3 is 2.70 bits per heavy atom. The summed E-state index contributed by atoms with van der Waals surface area (Å²) < 4.78 is 28.6. The zero-order valence-corrected chi connectivity index (χ0v) is 15.5. The van der Waals surface area contributed by atoms with E-state index >= 15 is 0 Å². The summed E-state index contributed by atoms with van der Waals surface area (Å²) in [5, 5.41) is 0. The molecule has 4 aliphatic heterocycles. The van der Waals surface area contributed by atoms with E-state index in [2.05, 4.69) is 32.8 Å². The van der Waals surface area contributed by atoms with Crippen molar-refractivity contribution in [3.8, 4) is 0 Å². The fourth-order valence-corrected chi connectivity index (χ4v) is 5.50. The minimum atomic E-state index is -0.756. The van der Waals surface area contributed by atoms with E-state index in [0.717, 1.165) is 31.0 Å². The van der Waals surface area contributed by atoms with Crippen molar-refractivity contribution in [2.45, 2.75) is 44.2 Å². The quantitative estimate of drug-likeness (QED) is 0.829. The Morgan fingerprint density at radius 1 is 1.11 bits per heavy atom. The highest BCUT2D eigenvalue weighted by atomic mass is 19.2. The van der Waals surface area contributed by atoms with Gasteiger partial charge in [-0.05, 0) is 49.9 Å². The lowest BCUT2D eigenvalue weighted by atomic mass is 9.75. The van der Waals surface area contributed by atoms with Crippen LogP contribution in [-0.4, -0.2) is 46.6 Å². The monoisotopic (exact) mass is 370 g/mol. The summed E-state index contributed by atoms with van der Waals surface area (Å²) in [6.07, 6.45) is 4.82. The molecule has 0 unspecified atom stereocenters. The van der Waals surface area contributed by atoms with Crippen LogP contribution >= 0.6 is 0 Å². The zero-order chi connectivity index (χ0) is 18.5. The maximum atomic E-state index is 14.7. The molecule has 4 nitrogen and oxygen atoms in total. The Hall–Kier alpha value is -2.08. The average molecular weight is 370 g/mol. The van der Waals surface area contributed by atoms with Gasteiger partial charge in [-0.3, -0.25) is 4.90 Å². The largest absolute Gasteiger partial charge is 0.351 e. The van der Waals surface area contributed by atoms with E-state index in [9.17, 15) is 8.78 Å². The number of hydrogen-bond donors (Lipinski definition) is 0. The van der Waals surface area contributed by atoms with Crippen molar-refractivity contribution >= 4 is 5.82 Å². The summed E-state index contributed by atoms with van der Waals surface area (Å²) in [4.78, 5) is 13.7. The van der Waals surface area contributed by atoms with Gasteiger partial charge in [-0.2, -0.15) is 0 Å². The SMILES string of the molecule is CCc1cc(N2C[C@@H](c3cccc(F)c3F)[C@@H]3[C@H]2C2CCN3CC2)ncn1. The number of benzene rings is 1. The van der Waals surface area contributed by atoms with E-state index in [-0.39, 0.29) is 12.0 Å². The second-order valence-corrected chi connectivity index (χ2v) is 7.98. The summed E-state index contributed by atoms with van der Waals surface area (Å²) in [6, 6.07) is 7.16. The predicted octanol–water partition coefficient (Wildman–Crippen LogP) is 3.38. The Kier molecular flexibility index (Phi) is 4.11. The maximum absolute atomic E-state index is 14.7. The van der Waals surface area contributed by atoms with Gasteiger partial charge in [-0.15, -0.1) is 0 Å². The summed E-state index contributed by atoms with van der Waals surface area (Å²) in [5.74, 6) is 0.0110. The van der Waals surface area contributed by atoms with Gasteiger partial charge in [0.25, 0.3) is 0 Å². The molecule has 142 valence electrons. The van der Waals surface area contributed by atoms with E-state index in [0.29, 0.717) is 24.1 Å². The van der Waals surface area contributed by atoms with E-state index in [1.54, 1.807) is 18.5 Å². The summed E-state index contributed by atoms with van der Waals surface area (Å²) >= 11 is 0. The van der Waals surface area contributed by atoms with E-state index < -0.39 is 11.6 Å². The van der Waals surface area contributed by atoms with Crippen LogP contribution in [-0.2, 0) is 6.42 Å². The van der Waals surface area contributed by atoms with E-state index in [4.69, 9.17) is 0 Å². The molecule has 0 saturated carbocycles. The highest BCUT2D eigenvalue weighted by Gasteiger charge is 2.54. The molecule has 4 fully saturated rings. The number of rotatable bonds is 3. The molecular weight excluding hydrogens is 346 g/mol. The van der Waals surface area contributed by atoms with Crippen LogP contribution in [0.1, 0.15) is 36.9 Å². The first-order valence-corrected chi connectivity index (χ1v) is 9.93. The molecule has 0 radical (unpaired) electrons. The summed E-state index contributed by atoms with van der Waals surface area (Å²) in [5.41, 5.74) is 1.52. The lowest BCUT2D eigenvalue weighted by Crippen LogP contribution is -2.60. The van der Waals surface area contributed by atoms with Crippen molar-refractivity contribution in [3.05, 3.63) is 53.5 Å². The van der Waals surface area contributed by atoms with Crippen molar-refractivity contribution in [1.82, 2.24) is 14.9 Å². The van der Waals surface area contributed by atoms with Crippen molar-refractivity contribution in [1.29, 1.82) is 0 Å². The third-order valence-corrected chi connectivity index (χ3v) is 6.74. The van der Waals surface area contributed by atoms with Crippen molar-refractivity contribution in [2.75, 3.05) is 24.5 Å². The third kappa shape index (κ3) is 2.64. The lowest BCUT2D eigenvalue weighted by Gasteiger charge is -2.51. The lowest BCUT2D eigenvalue weighted by molar-refractivity contribution is 0.0350. The van der Waals surface area contributed by atoms with Gasteiger partial charge in [0.1, 0.15) is 12.1 Å².